The van der Waals surface area contributed by atoms with Crippen molar-refractivity contribution in [1.29, 1.82) is 0 Å². The first-order chi connectivity index (χ1) is 13.9. The van der Waals surface area contributed by atoms with Crippen LogP contribution >= 0.6 is 0 Å². The van der Waals surface area contributed by atoms with E-state index in [0.29, 0.717) is 29.4 Å². The van der Waals surface area contributed by atoms with E-state index >= 15 is 0 Å². The Balaban J connectivity index is 1.46. The van der Waals surface area contributed by atoms with E-state index in [9.17, 15) is 4.79 Å². The first-order valence-electron chi connectivity index (χ1n) is 11.9. The van der Waals surface area contributed by atoms with Gasteiger partial charge in [-0.2, -0.15) is 5.10 Å². The van der Waals surface area contributed by atoms with Gasteiger partial charge in [0.05, 0.1) is 12.8 Å². The van der Waals surface area contributed by atoms with E-state index in [4.69, 9.17) is 4.74 Å². The van der Waals surface area contributed by atoms with Gasteiger partial charge < -0.3 is 10.1 Å². The zero-order chi connectivity index (χ0) is 20.5. The van der Waals surface area contributed by atoms with Crippen LogP contribution in [0.1, 0.15) is 101 Å². The first kappa shape index (κ1) is 20.7. The minimum Gasteiger partial charge on any atom is -0.477 e. The Kier molecular flexibility index (Phi) is 5.94. The van der Waals surface area contributed by atoms with E-state index in [1.54, 1.807) is 10.9 Å². The van der Waals surface area contributed by atoms with Gasteiger partial charge >= 0.3 is 0 Å². The number of hydrogen-bond donors (Lipinski definition) is 1. The molecule has 0 radical (unpaired) electrons. The van der Waals surface area contributed by atoms with Crippen LogP contribution in [0.25, 0.3) is 0 Å². The number of nitrogens with one attached hydrogen (secondary N) is 1. The molecule has 162 valence electrons. The number of carbonyl (C=O) groups is 1. The molecule has 29 heavy (non-hydrogen) atoms. The van der Waals surface area contributed by atoms with Gasteiger partial charge in [0.2, 0.25) is 5.88 Å². The summed E-state index contributed by atoms with van der Waals surface area (Å²) < 4.78 is 7.87. The molecule has 3 aliphatic carbocycles. The van der Waals surface area contributed by atoms with Gasteiger partial charge in [-0.1, -0.05) is 46.0 Å². The zero-order valence-electron chi connectivity index (χ0n) is 18.6. The average Bonchev–Trinajstić information content (AvgIpc) is 3.07. The third-order valence-corrected chi connectivity index (χ3v) is 7.98. The number of nitrogens with zero attached hydrogens (tertiary/aromatic N) is 2. The standard InChI is InChI=1S/C24H39N3O2/c1-4-24(14-19-11-8-12-23(2,13-19)17-24)26-21(28)20-15-25-27(3)22(20)29-16-18-9-6-5-7-10-18/h15,18-19H,4-14,16-17H2,1-3H3,(H,26,28). The summed E-state index contributed by atoms with van der Waals surface area (Å²) in [6.45, 7) is 5.35. The Morgan fingerprint density at radius 3 is 2.76 bits per heavy atom. The van der Waals surface area contributed by atoms with Gasteiger partial charge in [-0.05, 0) is 62.2 Å². The maximum Gasteiger partial charge on any atom is 0.258 e. The van der Waals surface area contributed by atoms with Crippen LogP contribution in [-0.2, 0) is 7.05 Å². The van der Waals surface area contributed by atoms with Gasteiger partial charge in [0, 0.05) is 12.6 Å². The largest absolute Gasteiger partial charge is 0.477 e. The molecule has 2 bridgehead atoms. The van der Waals surface area contributed by atoms with Gasteiger partial charge in [-0.25, -0.2) is 4.68 Å². The Bertz CT molecular complexity index is 724. The average molecular weight is 402 g/mol. The van der Waals surface area contributed by atoms with Crippen LogP contribution in [0.3, 0.4) is 0 Å². The summed E-state index contributed by atoms with van der Waals surface area (Å²) in [4.78, 5) is 13.3. The minimum atomic E-state index is -0.0916. The lowest BCUT2D eigenvalue weighted by molar-refractivity contribution is 0.0190. The summed E-state index contributed by atoms with van der Waals surface area (Å²) in [5, 5.41) is 7.82. The number of hydrogen-bond acceptors (Lipinski definition) is 3. The highest BCUT2D eigenvalue weighted by atomic mass is 16.5. The van der Waals surface area contributed by atoms with Crippen LogP contribution in [0.2, 0.25) is 0 Å². The molecule has 5 nitrogen and oxygen atoms in total. The normalized spacial score (nSPS) is 32.7. The predicted octanol–water partition coefficient (Wildman–Crippen LogP) is 5.25. The van der Waals surface area contributed by atoms with Crippen LogP contribution in [0, 0.1) is 17.3 Å². The Labute approximate surface area is 176 Å². The molecule has 4 rings (SSSR count). The molecule has 3 unspecified atom stereocenters. The Morgan fingerprint density at radius 2 is 2.03 bits per heavy atom. The van der Waals surface area contributed by atoms with Crippen molar-refractivity contribution in [2.24, 2.45) is 24.3 Å². The van der Waals surface area contributed by atoms with E-state index in [2.05, 4.69) is 24.3 Å². The number of carbonyl (C=O) groups excluding carboxylic acids is 1. The molecular weight excluding hydrogens is 362 g/mol. The van der Waals surface area contributed by atoms with Gasteiger partial charge in [-0.3, -0.25) is 4.79 Å². The molecule has 1 amide bonds. The lowest BCUT2D eigenvalue weighted by atomic mass is 9.56. The van der Waals surface area contributed by atoms with Gasteiger partial charge in [0.25, 0.3) is 5.91 Å². The highest BCUT2D eigenvalue weighted by Crippen LogP contribution is 2.53. The summed E-state index contributed by atoms with van der Waals surface area (Å²) >= 11 is 0. The van der Waals surface area contributed by atoms with Gasteiger partial charge in [0.15, 0.2) is 0 Å². The SMILES string of the molecule is CCC1(NC(=O)c2cnn(C)c2OCC2CCCCC2)CC2CCCC(C)(C2)C1. The number of amides is 1. The maximum absolute atomic E-state index is 13.3. The van der Waals surface area contributed by atoms with E-state index < -0.39 is 0 Å². The maximum atomic E-state index is 13.3. The third-order valence-electron chi connectivity index (χ3n) is 7.98. The molecule has 1 aromatic rings. The van der Waals surface area contributed by atoms with Crippen molar-refractivity contribution in [3.8, 4) is 5.88 Å². The monoisotopic (exact) mass is 401 g/mol. The van der Waals surface area contributed by atoms with Crippen LogP contribution in [0.4, 0.5) is 0 Å². The quantitative estimate of drug-likeness (QED) is 0.708. The molecule has 0 saturated heterocycles. The lowest BCUT2D eigenvalue weighted by Crippen LogP contribution is -2.56. The fourth-order valence-corrected chi connectivity index (χ4v) is 6.56. The molecule has 0 aromatic carbocycles. The van der Waals surface area contributed by atoms with Crippen LogP contribution in [-0.4, -0.2) is 27.8 Å². The highest BCUT2D eigenvalue weighted by Gasteiger charge is 2.47. The zero-order valence-corrected chi connectivity index (χ0v) is 18.6. The number of fused-ring (bicyclic) bond motifs is 2. The van der Waals surface area contributed by atoms with Crippen molar-refractivity contribution in [3.05, 3.63) is 11.8 Å². The van der Waals surface area contributed by atoms with Crippen LogP contribution in [0.15, 0.2) is 6.20 Å². The van der Waals surface area contributed by atoms with Crippen molar-refractivity contribution in [2.75, 3.05) is 6.61 Å². The summed E-state index contributed by atoms with van der Waals surface area (Å²) in [5.41, 5.74) is 0.878. The number of aromatic nitrogens is 2. The molecule has 3 atom stereocenters. The second-order valence-corrected chi connectivity index (χ2v) is 10.5. The summed E-state index contributed by atoms with van der Waals surface area (Å²) in [6, 6.07) is 0. The molecule has 3 fully saturated rings. The van der Waals surface area contributed by atoms with Crippen molar-refractivity contribution in [1.82, 2.24) is 15.1 Å². The molecule has 3 aliphatic rings. The van der Waals surface area contributed by atoms with Gasteiger partial charge in [-0.15, -0.1) is 0 Å². The Hall–Kier alpha value is -1.52. The van der Waals surface area contributed by atoms with Crippen molar-refractivity contribution in [2.45, 2.75) is 96.4 Å². The molecular formula is C24H39N3O2. The second-order valence-electron chi connectivity index (χ2n) is 10.5. The summed E-state index contributed by atoms with van der Waals surface area (Å²) in [7, 11) is 1.87. The lowest BCUT2D eigenvalue weighted by Gasteiger charge is -2.52. The fourth-order valence-electron chi connectivity index (χ4n) is 6.56. The molecule has 1 aromatic heterocycles. The molecule has 5 heteroatoms. The number of ether oxygens (including phenoxy) is 1. The van der Waals surface area contributed by atoms with E-state index in [1.165, 1.54) is 57.8 Å². The Morgan fingerprint density at radius 1 is 1.24 bits per heavy atom. The number of aryl methyl sites for hydroxylation is 1. The molecule has 1 heterocycles. The van der Waals surface area contributed by atoms with Gasteiger partial charge in [0.1, 0.15) is 5.56 Å². The van der Waals surface area contributed by atoms with Crippen LogP contribution in [0.5, 0.6) is 5.88 Å². The fraction of sp³-hybridized carbons (Fsp3) is 0.833. The van der Waals surface area contributed by atoms with E-state index in [-0.39, 0.29) is 11.4 Å². The molecule has 0 aliphatic heterocycles. The minimum absolute atomic E-state index is 0.0119. The predicted molar refractivity (Wildman–Crippen MR) is 115 cm³/mol. The molecule has 3 saturated carbocycles. The van der Waals surface area contributed by atoms with E-state index in [0.717, 1.165) is 25.2 Å². The second kappa shape index (κ2) is 8.31. The molecule has 1 N–H and O–H groups in total. The highest BCUT2D eigenvalue weighted by molar-refractivity contribution is 5.96. The van der Waals surface area contributed by atoms with Crippen LogP contribution < -0.4 is 10.1 Å². The summed E-state index contributed by atoms with van der Waals surface area (Å²) in [6.07, 6.45) is 16.6. The summed E-state index contributed by atoms with van der Waals surface area (Å²) in [5.74, 6) is 1.97. The smallest absolute Gasteiger partial charge is 0.258 e. The van der Waals surface area contributed by atoms with Crippen molar-refractivity contribution >= 4 is 5.91 Å². The van der Waals surface area contributed by atoms with Crippen molar-refractivity contribution in [3.63, 3.8) is 0 Å². The first-order valence-corrected chi connectivity index (χ1v) is 11.9. The third kappa shape index (κ3) is 4.49. The van der Waals surface area contributed by atoms with E-state index in [1.807, 2.05) is 7.05 Å². The number of rotatable bonds is 6. The molecule has 0 spiro atoms. The topological polar surface area (TPSA) is 56.2 Å². The van der Waals surface area contributed by atoms with Crippen molar-refractivity contribution < 1.29 is 9.53 Å².